The van der Waals surface area contributed by atoms with Gasteiger partial charge in [0.1, 0.15) is 0 Å². The Hall–Kier alpha value is -1.31. The topological polar surface area (TPSA) is 29.1 Å². The number of carbonyl (C=O) groups is 1. The van der Waals surface area contributed by atoms with E-state index in [9.17, 15) is 4.79 Å². The maximum absolute atomic E-state index is 11.5. The fourth-order valence-corrected chi connectivity index (χ4v) is 3.52. The van der Waals surface area contributed by atoms with Gasteiger partial charge >= 0.3 is 0 Å². The molecule has 1 amide bonds. The number of benzene rings is 1. The van der Waals surface area contributed by atoms with Gasteiger partial charge in [-0.3, -0.25) is 4.79 Å². The highest BCUT2D eigenvalue weighted by Gasteiger charge is 2.38. The molecule has 1 N–H and O–H groups in total. The highest BCUT2D eigenvalue weighted by Crippen LogP contribution is 2.44. The third-order valence-corrected chi connectivity index (χ3v) is 4.67. The Morgan fingerprint density at radius 2 is 2.06 bits per heavy atom. The molecule has 1 saturated heterocycles. The summed E-state index contributed by atoms with van der Waals surface area (Å²) >= 11 is 0. The summed E-state index contributed by atoms with van der Waals surface area (Å²) in [5.41, 5.74) is 4.84. The molecule has 2 aliphatic rings. The van der Waals surface area contributed by atoms with Gasteiger partial charge in [0.2, 0.25) is 5.91 Å². The van der Waals surface area contributed by atoms with Gasteiger partial charge in [-0.25, -0.2) is 0 Å². The minimum absolute atomic E-state index is 0.233. The average molecular weight is 243 g/mol. The van der Waals surface area contributed by atoms with Gasteiger partial charge in [0.25, 0.3) is 0 Å². The van der Waals surface area contributed by atoms with Crippen molar-refractivity contribution in [2.24, 2.45) is 5.41 Å². The van der Waals surface area contributed by atoms with Crippen molar-refractivity contribution in [3.05, 3.63) is 34.9 Å². The Labute approximate surface area is 109 Å². The van der Waals surface area contributed by atoms with Gasteiger partial charge < -0.3 is 5.32 Å². The zero-order chi connectivity index (χ0) is 12.6. The molecule has 3 rings (SSSR count). The number of carbonyl (C=O) groups excluding carboxylic acids is 1. The van der Waals surface area contributed by atoms with Crippen LogP contribution < -0.4 is 5.32 Å². The van der Waals surface area contributed by atoms with Crippen molar-refractivity contribution in [2.45, 2.75) is 45.4 Å². The fourth-order valence-electron chi connectivity index (χ4n) is 3.52. The lowest BCUT2D eigenvalue weighted by atomic mass is 9.78. The zero-order valence-electron chi connectivity index (χ0n) is 11.1. The number of nitrogens with one attached hydrogen (secondary N) is 1. The smallest absolute Gasteiger partial charge is 0.220 e. The predicted molar refractivity (Wildman–Crippen MR) is 72.5 cm³/mol. The number of aryl methyl sites for hydroxylation is 1. The molecule has 96 valence electrons. The van der Waals surface area contributed by atoms with Crippen LogP contribution in [0.15, 0.2) is 18.2 Å². The van der Waals surface area contributed by atoms with Crippen LogP contribution in [-0.4, -0.2) is 12.5 Å². The van der Waals surface area contributed by atoms with Crippen molar-refractivity contribution in [3.8, 4) is 0 Å². The lowest BCUT2D eigenvalue weighted by Gasteiger charge is -2.26. The number of amides is 1. The fraction of sp³-hybridized carbons (Fsp3) is 0.562. The molecule has 0 saturated carbocycles. The summed E-state index contributed by atoms with van der Waals surface area (Å²) in [7, 11) is 0. The zero-order valence-corrected chi connectivity index (χ0v) is 11.1. The Bertz CT molecular complexity index is 480. The summed E-state index contributed by atoms with van der Waals surface area (Å²) in [6, 6.07) is 6.95. The first-order valence-corrected chi connectivity index (χ1v) is 7.08. The summed E-state index contributed by atoms with van der Waals surface area (Å²) in [5.74, 6) is 0.233. The Morgan fingerprint density at radius 1 is 1.22 bits per heavy atom. The van der Waals surface area contributed by atoms with Crippen molar-refractivity contribution in [1.29, 1.82) is 0 Å². The van der Waals surface area contributed by atoms with Gasteiger partial charge in [0.15, 0.2) is 0 Å². The van der Waals surface area contributed by atoms with Crippen LogP contribution in [-0.2, 0) is 24.1 Å². The molecule has 0 radical (unpaired) electrons. The largest absolute Gasteiger partial charge is 0.356 e. The van der Waals surface area contributed by atoms with Crippen LogP contribution in [0, 0.1) is 5.41 Å². The molecule has 1 unspecified atom stereocenters. The van der Waals surface area contributed by atoms with E-state index in [0.717, 1.165) is 25.8 Å². The van der Waals surface area contributed by atoms with Crippen LogP contribution in [0.25, 0.3) is 0 Å². The molecule has 0 aromatic heterocycles. The molecule has 1 aliphatic carbocycles. The number of hydrogen-bond acceptors (Lipinski definition) is 1. The highest BCUT2D eigenvalue weighted by atomic mass is 16.1. The highest BCUT2D eigenvalue weighted by molar-refractivity contribution is 5.76. The molecule has 1 aromatic carbocycles. The van der Waals surface area contributed by atoms with Crippen molar-refractivity contribution in [1.82, 2.24) is 5.32 Å². The van der Waals surface area contributed by atoms with Crippen LogP contribution in [0.5, 0.6) is 0 Å². The first-order chi connectivity index (χ1) is 8.71. The number of fused-ring (bicyclic) bond motifs is 1. The van der Waals surface area contributed by atoms with Crippen molar-refractivity contribution in [2.75, 3.05) is 6.54 Å². The second-order valence-corrected chi connectivity index (χ2v) is 5.91. The summed E-state index contributed by atoms with van der Waals surface area (Å²) in [5, 5.41) is 3.01. The Kier molecular flexibility index (Phi) is 2.89. The van der Waals surface area contributed by atoms with Crippen LogP contribution in [0.2, 0.25) is 0 Å². The second-order valence-electron chi connectivity index (χ2n) is 5.91. The van der Waals surface area contributed by atoms with E-state index in [2.05, 4.69) is 30.4 Å². The Balaban J connectivity index is 1.84. The lowest BCUT2D eigenvalue weighted by Crippen LogP contribution is -2.24. The number of hydrogen-bond donors (Lipinski definition) is 1. The van der Waals surface area contributed by atoms with Crippen molar-refractivity contribution < 1.29 is 4.79 Å². The molecule has 1 spiro atoms. The normalized spacial score (nSPS) is 26.8. The van der Waals surface area contributed by atoms with Gasteiger partial charge in [0.05, 0.1) is 0 Å². The monoisotopic (exact) mass is 243 g/mol. The van der Waals surface area contributed by atoms with Crippen LogP contribution in [0.3, 0.4) is 0 Å². The molecule has 1 aromatic rings. The van der Waals surface area contributed by atoms with Gasteiger partial charge in [0, 0.05) is 13.0 Å². The summed E-state index contributed by atoms with van der Waals surface area (Å²) in [6.07, 6.45) is 6.34. The average Bonchev–Trinajstić information content (AvgIpc) is 2.63. The van der Waals surface area contributed by atoms with E-state index in [1.54, 1.807) is 0 Å². The minimum Gasteiger partial charge on any atom is -0.356 e. The van der Waals surface area contributed by atoms with Gasteiger partial charge in [-0.05, 0) is 54.2 Å². The van der Waals surface area contributed by atoms with Gasteiger partial charge in [-0.1, -0.05) is 25.1 Å². The lowest BCUT2D eigenvalue weighted by molar-refractivity contribution is -0.120. The quantitative estimate of drug-likeness (QED) is 0.807. The minimum atomic E-state index is 0.233. The molecule has 18 heavy (non-hydrogen) atoms. The van der Waals surface area contributed by atoms with E-state index < -0.39 is 0 Å². The van der Waals surface area contributed by atoms with E-state index in [-0.39, 0.29) is 5.91 Å². The van der Waals surface area contributed by atoms with E-state index in [4.69, 9.17) is 0 Å². The van der Waals surface area contributed by atoms with Crippen molar-refractivity contribution >= 4 is 5.91 Å². The second kappa shape index (κ2) is 4.42. The molecule has 2 nitrogen and oxygen atoms in total. The summed E-state index contributed by atoms with van der Waals surface area (Å²) in [6.45, 7) is 3.06. The van der Waals surface area contributed by atoms with Gasteiger partial charge in [-0.2, -0.15) is 0 Å². The third kappa shape index (κ3) is 2.05. The molecule has 2 heteroatoms. The summed E-state index contributed by atoms with van der Waals surface area (Å²) in [4.78, 5) is 11.5. The first kappa shape index (κ1) is 11.8. The summed E-state index contributed by atoms with van der Waals surface area (Å²) < 4.78 is 0. The van der Waals surface area contributed by atoms with Crippen LogP contribution in [0.4, 0.5) is 0 Å². The van der Waals surface area contributed by atoms with Crippen molar-refractivity contribution in [3.63, 3.8) is 0 Å². The van der Waals surface area contributed by atoms with Crippen LogP contribution in [0.1, 0.15) is 42.9 Å². The first-order valence-electron chi connectivity index (χ1n) is 7.08. The van der Waals surface area contributed by atoms with E-state index in [0.29, 0.717) is 11.8 Å². The third-order valence-electron chi connectivity index (χ3n) is 4.67. The van der Waals surface area contributed by atoms with E-state index in [1.807, 2.05) is 0 Å². The molecule has 1 heterocycles. The maximum Gasteiger partial charge on any atom is 0.220 e. The number of rotatable bonds is 1. The molecule has 1 atom stereocenters. The standard InChI is InChI=1S/C16H21NO/c1-2-12-3-4-13-10-16(11-14(13)9-12)6-5-15(18)17-8-7-16/h3-4,9H,2,5-8,10-11H2,1H3,(H,17,18). The molecular formula is C16H21NO. The SMILES string of the molecule is CCc1ccc2c(c1)CC1(CCNC(=O)CC1)C2. The van der Waals surface area contributed by atoms with E-state index in [1.165, 1.54) is 29.5 Å². The van der Waals surface area contributed by atoms with Gasteiger partial charge in [-0.15, -0.1) is 0 Å². The molecule has 0 bridgehead atoms. The van der Waals surface area contributed by atoms with E-state index >= 15 is 0 Å². The molecular weight excluding hydrogens is 222 g/mol. The molecule has 1 aliphatic heterocycles. The Morgan fingerprint density at radius 3 is 2.89 bits per heavy atom. The van der Waals surface area contributed by atoms with Crippen LogP contribution >= 0.6 is 0 Å². The molecule has 1 fully saturated rings. The predicted octanol–water partition coefficient (Wildman–Crippen LogP) is 2.63. The maximum atomic E-state index is 11.5.